The van der Waals surface area contributed by atoms with Crippen LogP contribution in [0.2, 0.25) is 5.02 Å². The maximum Gasteiger partial charge on any atom is 0.146 e. The Kier molecular flexibility index (Phi) is 4.86. The average molecular weight is 341 g/mol. The van der Waals surface area contributed by atoms with E-state index in [0.29, 0.717) is 17.3 Å². The molecule has 2 aromatic carbocycles. The van der Waals surface area contributed by atoms with Gasteiger partial charge >= 0.3 is 0 Å². The molecule has 19 heavy (non-hydrogen) atoms. The third-order valence-corrected chi connectivity index (χ3v) is 3.97. The van der Waals surface area contributed by atoms with E-state index in [1.165, 1.54) is 0 Å². The van der Waals surface area contributed by atoms with Gasteiger partial charge < -0.3 is 10.5 Å². The van der Waals surface area contributed by atoms with Crippen LogP contribution in [0.25, 0.3) is 0 Å². The fraction of sp³-hybridized carbons (Fsp3) is 0.200. The van der Waals surface area contributed by atoms with Gasteiger partial charge in [-0.15, -0.1) is 0 Å². The minimum Gasteiger partial charge on any atom is -0.456 e. The van der Waals surface area contributed by atoms with Crippen LogP contribution in [0.5, 0.6) is 11.5 Å². The van der Waals surface area contributed by atoms with Crippen LogP contribution < -0.4 is 10.5 Å². The van der Waals surface area contributed by atoms with Gasteiger partial charge in [0.15, 0.2) is 0 Å². The molecule has 2 nitrogen and oxygen atoms in total. The van der Waals surface area contributed by atoms with Gasteiger partial charge in [-0.2, -0.15) is 0 Å². The highest BCUT2D eigenvalue weighted by atomic mass is 79.9. The highest BCUT2D eigenvalue weighted by Crippen LogP contribution is 2.31. The van der Waals surface area contributed by atoms with Crippen molar-refractivity contribution in [3.05, 3.63) is 57.0 Å². The van der Waals surface area contributed by atoms with E-state index in [-0.39, 0.29) is 0 Å². The molecule has 2 rings (SSSR count). The highest BCUT2D eigenvalue weighted by Gasteiger charge is 2.05. The van der Waals surface area contributed by atoms with E-state index in [9.17, 15) is 0 Å². The van der Waals surface area contributed by atoms with Crippen molar-refractivity contribution in [1.29, 1.82) is 0 Å². The average Bonchev–Trinajstić information content (AvgIpc) is 2.37. The molecular weight excluding hydrogens is 326 g/mol. The van der Waals surface area contributed by atoms with Gasteiger partial charge in [-0.25, -0.2) is 0 Å². The summed E-state index contributed by atoms with van der Waals surface area (Å²) in [5.74, 6) is 1.43. The van der Waals surface area contributed by atoms with Crippen LogP contribution in [0.3, 0.4) is 0 Å². The number of ether oxygens (including phenoxy) is 1. The van der Waals surface area contributed by atoms with Crippen LogP contribution in [0.15, 0.2) is 40.9 Å². The highest BCUT2D eigenvalue weighted by molar-refractivity contribution is 9.10. The Morgan fingerprint density at radius 1 is 1.21 bits per heavy atom. The fourth-order valence-electron chi connectivity index (χ4n) is 1.76. The molecular formula is C15H15BrClNO. The third-order valence-electron chi connectivity index (χ3n) is 2.79. The minimum atomic E-state index is 0.603. The van der Waals surface area contributed by atoms with E-state index in [4.69, 9.17) is 22.1 Å². The van der Waals surface area contributed by atoms with E-state index in [1.54, 1.807) is 0 Å². The molecule has 0 spiro atoms. The molecule has 100 valence electrons. The van der Waals surface area contributed by atoms with Gasteiger partial charge in [-0.1, -0.05) is 33.6 Å². The zero-order chi connectivity index (χ0) is 13.8. The van der Waals surface area contributed by atoms with E-state index in [1.807, 2.05) is 43.3 Å². The molecule has 0 aliphatic heterocycles. The van der Waals surface area contributed by atoms with Gasteiger partial charge in [0.25, 0.3) is 0 Å². The molecule has 0 unspecified atom stereocenters. The number of benzene rings is 2. The maximum absolute atomic E-state index is 6.21. The normalized spacial score (nSPS) is 10.5. The van der Waals surface area contributed by atoms with Gasteiger partial charge in [0, 0.05) is 4.47 Å². The summed E-state index contributed by atoms with van der Waals surface area (Å²) >= 11 is 9.67. The summed E-state index contributed by atoms with van der Waals surface area (Å²) < 4.78 is 6.85. The Morgan fingerprint density at radius 2 is 2.00 bits per heavy atom. The molecule has 0 aliphatic carbocycles. The first kappa shape index (κ1) is 14.4. The van der Waals surface area contributed by atoms with Crippen molar-refractivity contribution >= 4 is 27.5 Å². The number of nitrogens with two attached hydrogens (primary N) is 1. The second-order valence-electron chi connectivity index (χ2n) is 4.32. The molecule has 0 heterocycles. The predicted molar refractivity (Wildman–Crippen MR) is 83.2 cm³/mol. The Morgan fingerprint density at radius 3 is 2.63 bits per heavy atom. The summed E-state index contributed by atoms with van der Waals surface area (Å²) in [7, 11) is 0. The van der Waals surface area contributed by atoms with Gasteiger partial charge in [0.2, 0.25) is 0 Å². The zero-order valence-corrected chi connectivity index (χ0v) is 13.0. The number of aryl methyl sites for hydroxylation is 1. The molecule has 0 fully saturated rings. The molecule has 0 saturated heterocycles. The number of hydrogen-bond acceptors (Lipinski definition) is 2. The van der Waals surface area contributed by atoms with Crippen molar-refractivity contribution in [3.63, 3.8) is 0 Å². The minimum absolute atomic E-state index is 0.603. The summed E-state index contributed by atoms with van der Waals surface area (Å²) in [6.07, 6.45) is 0.817. The molecule has 0 aromatic heterocycles. The van der Waals surface area contributed by atoms with Crippen molar-refractivity contribution in [1.82, 2.24) is 0 Å². The summed E-state index contributed by atoms with van der Waals surface area (Å²) in [4.78, 5) is 0. The Bertz CT molecular complexity index is 586. The van der Waals surface area contributed by atoms with Gasteiger partial charge in [0.05, 0.1) is 5.02 Å². The molecule has 2 N–H and O–H groups in total. The Labute approximate surface area is 126 Å². The van der Waals surface area contributed by atoms with E-state index < -0.39 is 0 Å². The molecule has 2 aromatic rings. The van der Waals surface area contributed by atoms with Crippen molar-refractivity contribution < 1.29 is 4.74 Å². The van der Waals surface area contributed by atoms with Gasteiger partial charge in [-0.05, 0) is 61.3 Å². The molecule has 0 atom stereocenters. The van der Waals surface area contributed by atoms with E-state index in [2.05, 4.69) is 15.9 Å². The van der Waals surface area contributed by atoms with Crippen molar-refractivity contribution in [2.24, 2.45) is 5.73 Å². The second kappa shape index (κ2) is 6.42. The van der Waals surface area contributed by atoms with Crippen LogP contribution in [0.1, 0.15) is 11.1 Å². The number of hydrogen-bond donors (Lipinski definition) is 1. The summed E-state index contributed by atoms with van der Waals surface area (Å²) in [5.41, 5.74) is 7.76. The fourth-order valence-corrected chi connectivity index (χ4v) is 2.25. The Balaban J connectivity index is 2.20. The molecule has 0 aliphatic rings. The maximum atomic E-state index is 6.21. The second-order valence-corrected chi connectivity index (χ2v) is 5.58. The van der Waals surface area contributed by atoms with E-state index >= 15 is 0 Å². The Hall–Kier alpha value is -1.03. The molecule has 0 saturated carbocycles. The van der Waals surface area contributed by atoms with Crippen molar-refractivity contribution in [3.8, 4) is 11.5 Å². The van der Waals surface area contributed by atoms with E-state index in [0.717, 1.165) is 27.8 Å². The molecule has 0 radical (unpaired) electrons. The van der Waals surface area contributed by atoms with Crippen LogP contribution in [0.4, 0.5) is 0 Å². The lowest BCUT2D eigenvalue weighted by Gasteiger charge is -2.10. The third kappa shape index (κ3) is 3.72. The molecule has 0 bridgehead atoms. The quantitative estimate of drug-likeness (QED) is 0.875. The molecule has 4 heteroatoms. The summed E-state index contributed by atoms with van der Waals surface area (Å²) in [6.45, 7) is 2.63. The zero-order valence-electron chi connectivity index (χ0n) is 10.6. The number of rotatable bonds is 4. The van der Waals surface area contributed by atoms with Crippen molar-refractivity contribution in [2.75, 3.05) is 6.54 Å². The van der Waals surface area contributed by atoms with Gasteiger partial charge in [-0.3, -0.25) is 0 Å². The molecule has 0 amide bonds. The summed E-state index contributed by atoms with van der Waals surface area (Å²) in [5, 5.41) is 0.603. The largest absolute Gasteiger partial charge is 0.456 e. The van der Waals surface area contributed by atoms with Crippen LogP contribution in [-0.4, -0.2) is 6.54 Å². The standard InChI is InChI=1S/C15H15BrClNO/c1-10-8-12(3-4-13(10)16)19-15-5-2-11(6-7-18)9-14(15)17/h2-5,8-9H,6-7,18H2,1H3. The first-order valence-electron chi connectivity index (χ1n) is 6.02. The van der Waals surface area contributed by atoms with Crippen LogP contribution in [0, 0.1) is 6.92 Å². The monoisotopic (exact) mass is 339 g/mol. The predicted octanol–water partition coefficient (Wildman–Crippen LogP) is 4.70. The van der Waals surface area contributed by atoms with Crippen molar-refractivity contribution in [2.45, 2.75) is 13.3 Å². The lowest BCUT2D eigenvalue weighted by atomic mass is 10.1. The summed E-state index contributed by atoms with van der Waals surface area (Å²) in [6, 6.07) is 11.6. The first-order valence-corrected chi connectivity index (χ1v) is 7.20. The smallest absolute Gasteiger partial charge is 0.146 e. The SMILES string of the molecule is Cc1cc(Oc2ccc(CCN)cc2Cl)ccc1Br. The topological polar surface area (TPSA) is 35.2 Å². The van der Waals surface area contributed by atoms with Crippen LogP contribution in [-0.2, 0) is 6.42 Å². The number of halogens is 2. The first-order chi connectivity index (χ1) is 9.10. The van der Waals surface area contributed by atoms with Crippen LogP contribution >= 0.6 is 27.5 Å². The lowest BCUT2D eigenvalue weighted by Crippen LogP contribution is -2.02. The van der Waals surface area contributed by atoms with Gasteiger partial charge in [0.1, 0.15) is 11.5 Å². The lowest BCUT2D eigenvalue weighted by molar-refractivity contribution is 0.482.